The Kier molecular flexibility index (Phi) is 14.2. The van der Waals surface area contributed by atoms with Crippen molar-refractivity contribution < 1.29 is 28.7 Å². The fourth-order valence-corrected chi connectivity index (χ4v) is 11.8. The zero-order valence-corrected chi connectivity index (χ0v) is 44.3. The Balaban J connectivity index is 0.000000166. The summed E-state index contributed by atoms with van der Waals surface area (Å²) >= 11 is 0. The summed E-state index contributed by atoms with van der Waals surface area (Å²) in [5.74, 6) is 0.985. The molecule has 2 saturated heterocycles. The predicted octanol–water partition coefficient (Wildman–Crippen LogP) is 8.89. The highest BCUT2D eigenvalue weighted by atomic mass is 16.6. The normalized spacial score (nSPS) is 19.6. The van der Waals surface area contributed by atoms with Crippen molar-refractivity contribution in [3.63, 3.8) is 0 Å². The molecule has 0 radical (unpaired) electrons. The molecule has 396 valence electrons. The average molecular weight is 1030 g/mol. The maximum absolute atomic E-state index is 13.3. The Labute approximate surface area is 450 Å². The summed E-state index contributed by atoms with van der Waals surface area (Å²) in [6, 6.07) is 36.1. The smallest absolute Gasteiger partial charge is 0.411 e. The second-order valence-corrected chi connectivity index (χ2v) is 22.6. The molecule has 0 bridgehead atoms. The summed E-state index contributed by atoms with van der Waals surface area (Å²) in [5, 5.41) is 11.9. The molecule has 2 unspecified atom stereocenters. The van der Waals surface area contributed by atoms with Gasteiger partial charge in [0.2, 0.25) is 23.6 Å². The number of nitrogens with one attached hydrogen (secondary N) is 4. The van der Waals surface area contributed by atoms with E-state index in [9.17, 15) is 24.0 Å². The fraction of sp³-hybridized carbons (Fsp3) is 0.371. The average Bonchev–Trinajstić information content (AvgIpc) is 4.23. The summed E-state index contributed by atoms with van der Waals surface area (Å²) in [7, 11) is 0. The van der Waals surface area contributed by atoms with Crippen LogP contribution in [0.1, 0.15) is 102 Å². The molecule has 15 heteroatoms. The molecule has 2 aromatic heterocycles. The van der Waals surface area contributed by atoms with E-state index in [1.807, 2.05) is 99.6 Å². The van der Waals surface area contributed by atoms with Gasteiger partial charge in [0.25, 0.3) is 0 Å². The van der Waals surface area contributed by atoms with Crippen LogP contribution in [0.5, 0.6) is 0 Å². The van der Waals surface area contributed by atoms with Gasteiger partial charge in [-0.1, -0.05) is 72.8 Å². The van der Waals surface area contributed by atoms with Crippen LogP contribution in [-0.4, -0.2) is 92.7 Å². The van der Waals surface area contributed by atoms with Crippen LogP contribution in [0.4, 0.5) is 27.8 Å². The molecule has 2 atom stereocenters. The molecule has 4 aromatic carbocycles. The van der Waals surface area contributed by atoms with Crippen molar-refractivity contribution in [2.75, 3.05) is 54.0 Å². The van der Waals surface area contributed by atoms with Crippen LogP contribution < -0.4 is 21.3 Å². The van der Waals surface area contributed by atoms with Gasteiger partial charge in [0.1, 0.15) is 23.8 Å². The van der Waals surface area contributed by atoms with Gasteiger partial charge in [-0.25, -0.2) is 14.8 Å². The number of pyridine rings is 2. The van der Waals surface area contributed by atoms with Gasteiger partial charge < -0.3 is 26.0 Å². The van der Waals surface area contributed by atoms with Crippen LogP contribution in [0, 0.1) is 0 Å². The van der Waals surface area contributed by atoms with E-state index in [1.54, 1.807) is 12.4 Å². The third-order valence-corrected chi connectivity index (χ3v) is 16.0. The van der Waals surface area contributed by atoms with Crippen molar-refractivity contribution in [2.45, 2.75) is 115 Å². The Hall–Kier alpha value is -7.75. The van der Waals surface area contributed by atoms with Gasteiger partial charge >= 0.3 is 6.09 Å². The third kappa shape index (κ3) is 11.0. The summed E-state index contributed by atoms with van der Waals surface area (Å²) in [6.07, 6.45) is 9.98. The lowest BCUT2D eigenvalue weighted by atomic mass is 9.79. The van der Waals surface area contributed by atoms with Crippen molar-refractivity contribution in [1.29, 1.82) is 0 Å². The van der Waals surface area contributed by atoms with Crippen molar-refractivity contribution in [1.82, 2.24) is 24.7 Å². The van der Waals surface area contributed by atoms with Gasteiger partial charge in [0, 0.05) is 61.0 Å². The number of hydrogen-bond acceptors (Lipinski definition) is 10. The summed E-state index contributed by atoms with van der Waals surface area (Å²) < 4.78 is 5.68. The number of carbonyl (C=O) groups excluding carboxylic acids is 5. The van der Waals surface area contributed by atoms with Crippen LogP contribution in [0.25, 0.3) is 0 Å². The first-order valence-corrected chi connectivity index (χ1v) is 27.1. The highest BCUT2D eigenvalue weighted by Crippen LogP contribution is 2.48. The van der Waals surface area contributed by atoms with Crippen molar-refractivity contribution in [2.24, 2.45) is 0 Å². The molecule has 6 heterocycles. The molecule has 4 aliphatic heterocycles. The van der Waals surface area contributed by atoms with Gasteiger partial charge in [-0.3, -0.25) is 33.9 Å². The first-order chi connectivity index (χ1) is 37.2. The molecular weight excluding hydrogens is 967 g/mol. The largest absolute Gasteiger partial charge is 0.444 e. The number of amides is 5. The number of carbonyl (C=O) groups is 5. The molecule has 77 heavy (non-hydrogen) atoms. The van der Waals surface area contributed by atoms with Crippen molar-refractivity contribution in [3.05, 3.63) is 177 Å². The minimum atomic E-state index is -0.695. The number of aromatic nitrogens is 2. The third-order valence-electron chi connectivity index (χ3n) is 16.0. The lowest BCUT2D eigenvalue weighted by molar-refractivity contribution is -0.121. The van der Waals surface area contributed by atoms with E-state index in [0.717, 1.165) is 89.2 Å². The highest BCUT2D eigenvalue weighted by molar-refractivity contribution is 6.07. The van der Waals surface area contributed by atoms with Crippen LogP contribution in [-0.2, 0) is 86.5 Å². The van der Waals surface area contributed by atoms with Crippen LogP contribution in [0.2, 0.25) is 0 Å². The Morgan fingerprint density at radius 1 is 0.610 bits per heavy atom. The van der Waals surface area contributed by atoms with E-state index in [-0.39, 0.29) is 36.7 Å². The number of rotatable bonds is 14. The minimum absolute atomic E-state index is 0.0161. The standard InChI is InChI=1S/C33H37N5O4.C29H30N4O2/c1-32(2,3)42-31(41)38(20-24-9-5-4-8-23(24)19-37-14-7-15-37)21-28(39)35-26-12-11-22-17-33(18-25(22)16-26)27-10-6-13-34-29(27)36-30(33)40;34-26(10-3-8-20-6-1-2-7-22(20)19-33-14-5-15-33)31-24-12-11-21-17-29(18-23(21)16-24)25-9-4-13-30-27(25)32-28(29)35/h4-6,8-13,16H,7,14-15,17-21H2,1-3H3,(H,35,39)(H,34,36,40);1-2,4,6-7,9,11-13,16H,3,5,8,10,14-15,17-19H2,(H,31,34)(H,30,32,35). The van der Waals surface area contributed by atoms with E-state index in [0.29, 0.717) is 49.4 Å². The number of nitrogens with zero attached hydrogens (tertiary/aromatic N) is 5. The number of ether oxygens (including phenoxy) is 1. The van der Waals surface area contributed by atoms with Crippen LogP contribution >= 0.6 is 0 Å². The van der Waals surface area contributed by atoms with Crippen molar-refractivity contribution >= 4 is 52.7 Å². The van der Waals surface area contributed by atoms with E-state index in [2.05, 4.69) is 71.4 Å². The van der Waals surface area contributed by atoms with E-state index < -0.39 is 22.5 Å². The quantitative estimate of drug-likeness (QED) is 0.0824. The number of likely N-dealkylation sites (tertiary alicyclic amines) is 2. The SMILES string of the molecule is CC(C)(C)OC(=O)N(CC(=O)Nc1ccc2c(c1)CC1(C2)C(=O)Nc2ncccc21)Cc1ccccc1CN1CCC1.O=C(CCCc1ccccc1CN1CCC1)Nc1ccc2c(c1)CC1(C2)C(=O)Nc2ncccc21. The monoisotopic (exact) mass is 1030 g/mol. The number of hydrogen-bond donors (Lipinski definition) is 4. The van der Waals surface area contributed by atoms with Crippen LogP contribution in [0.3, 0.4) is 0 Å². The number of aryl methyl sites for hydroxylation is 1. The van der Waals surface area contributed by atoms with Gasteiger partial charge in [-0.2, -0.15) is 0 Å². The number of benzene rings is 4. The molecule has 2 spiro atoms. The first kappa shape index (κ1) is 51.4. The zero-order valence-electron chi connectivity index (χ0n) is 44.3. The van der Waals surface area contributed by atoms with Gasteiger partial charge in [0.15, 0.2) is 0 Å². The molecule has 6 aromatic rings. The van der Waals surface area contributed by atoms with E-state index >= 15 is 0 Å². The van der Waals surface area contributed by atoms with Gasteiger partial charge in [-0.05, 0) is 179 Å². The fourth-order valence-electron chi connectivity index (χ4n) is 11.8. The van der Waals surface area contributed by atoms with Gasteiger partial charge in [-0.15, -0.1) is 0 Å². The van der Waals surface area contributed by atoms with Crippen molar-refractivity contribution in [3.8, 4) is 0 Å². The lowest BCUT2D eigenvalue weighted by Crippen LogP contribution is -2.41. The summed E-state index contributed by atoms with van der Waals surface area (Å²) in [6.45, 7) is 11.9. The molecule has 5 amide bonds. The molecule has 6 aliphatic rings. The Bertz CT molecular complexity index is 3270. The summed E-state index contributed by atoms with van der Waals surface area (Å²) in [5.41, 5.74) is 10.6. The molecule has 4 N–H and O–H groups in total. The predicted molar refractivity (Wildman–Crippen MR) is 296 cm³/mol. The molecule has 15 nitrogen and oxygen atoms in total. The molecule has 2 aliphatic carbocycles. The topological polar surface area (TPSA) is 178 Å². The zero-order chi connectivity index (χ0) is 53.3. The second-order valence-electron chi connectivity index (χ2n) is 22.6. The number of anilines is 4. The number of fused-ring (bicyclic) bond motifs is 6. The maximum atomic E-state index is 13.3. The molecular formula is C62H67N9O6. The minimum Gasteiger partial charge on any atom is -0.444 e. The van der Waals surface area contributed by atoms with Crippen LogP contribution in [0.15, 0.2) is 122 Å². The first-order valence-electron chi connectivity index (χ1n) is 27.1. The Morgan fingerprint density at radius 2 is 1.09 bits per heavy atom. The van der Waals surface area contributed by atoms with Gasteiger partial charge in [0.05, 0.1) is 10.8 Å². The molecule has 0 saturated carbocycles. The van der Waals surface area contributed by atoms with E-state index in [1.165, 1.54) is 42.0 Å². The second kappa shape index (κ2) is 21.3. The van der Waals surface area contributed by atoms with E-state index in [4.69, 9.17) is 4.74 Å². The Morgan fingerprint density at radius 3 is 1.60 bits per heavy atom. The molecule has 12 rings (SSSR count). The lowest BCUT2D eigenvalue weighted by Gasteiger charge is -2.32. The molecule has 2 fully saturated rings. The maximum Gasteiger partial charge on any atom is 0.411 e. The summed E-state index contributed by atoms with van der Waals surface area (Å²) in [4.78, 5) is 80.2. The highest BCUT2D eigenvalue weighted by Gasteiger charge is 2.52.